The number of carbonyl (C=O) groups is 1. The van der Waals surface area contributed by atoms with Crippen LogP contribution in [0.5, 0.6) is 0 Å². The standard InChI is InChI=1S/C28H46O2/c1-17(2)18(3)7-8-19(4)21-11-12-22-20-9-10-24-26(30)25(29)14-16-28(24,6)23(20)13-15-27(21,22)5/h17-19,21,23-25,29H,7-16H2,1-6H3/t18-,19-,21-,23+,24+,25+,27-,28-/m1/s1. The molecule has 4 aliphatic rings. The van der Waals surface area contributed by atoms with Gasteiger partial charge in [0.2, 0.25) is 0 Å². The van der Waals surface area contributed by atoms with E-state index in [1.54, 1.807) is 5.57 Å². The molecule has 0 aromatic heterocycles. The van der Waals surface area contributed by atoms with Gasteiger partial charge in [0.25, 0.3) is 0 Å². The van der Waals surface area contributed by atoms with Gasteiger partial charge < -0.3 is 5.11 Å². The minimum absolute atomic E-state index is 0.0913. The number of rotatable bonds is 5. The third-order valence-electron chi connectivity index (χ3n) is 10.8. The first-order chi connectivity index (χ1) is 14.1. The summed E-state index contributed by atoms with van der Waals surface area (Å²) < 4.78 is 0. The summed E-state index contributed by atoms with van der Waals surface area (Å²) in [4.78, 5) is 12.8. The van der Waals surface area contributed by atoms with Crippen LogP contribution in [-0.2, 0) is 4.79 Å². The molecule has 0 aliphatic heterocycles. The van der Waals surface area contributed by atoms with Crippen LogP contribution in [-0.4, -0.2) is 17.0 Å². The van der Waals surface area contributed by atoms with Gasteiger partial charge in [0.15, 0.2) is 5.78 Å². The van der Waals surface area contributed by atoms with E-state index in [0.29, 0.717) is 17.8 Å². The lowest BCUT2D eigenvalue weighted by molar-refractivity contribution is -0.146. The zero-order valence-corrected chi connectivity index (χ0v) is 20.5. The average molecular weight is 415 g/mol. The number of allylic oxidation sites excluding steroid dienone is 2. The molecule has 0 bridgehead atoms. The average Bonchev–Trinajstić information content (AvgIpc) is 3.06. The fourth-order valence-electron chi connectivity index (χ4n) is 8.36. The van der Waals surface area contributed by atoms with E-state index in [9.17, 15) is 9.90 Å². The summed E-state index contributed by atoms with van der Waals surface area (Å²) in [6, 6.07) is 0. The SMILES string of the molecule is CC(C)[C@H](C)CC[C@@H](C)[C@H]1CCC2=C3CC[C@H]4C(=O)[C@@H](O)CC[C@]4(C)[C@H]3CC[C@@]21C. The Labute approximate surface area is 185 Å². The van der Waals surface area contributed by atoms with Crippen molar-refractivity contribution in [2.45, 2.75) is 112 Å². The van der Waals surface area contributed by atoms with Crippen LogP contribution in [0.25, 0.3) is 0 Å². The predicted molar refractivity (Wildman–Crippen MR) is 124 cm³/mol. The van der Waals surface area contributed by atoms with Gasteiger partial charge in [-0.25, -0.2) is 0 Å². The topological polar surface area (TPSA) is 37.3 Å². The number of hydrogen-bond acceptors (Lipinski definition) is 2. The third-order valence-corrected chi connectivity index (χ3v) is 10.8. The van der Waals surface area contributed by atoms with Crippen LogP contribution in [0, 0.1) is 46.3 Å². The van der Waals surface area contributed by atoms with Gasteiger partial charge in [-0.3, -0.25) is 4.79 Å². The lowest BCUT2D eigenvalue weighted by atomic mass is 9.48. The van der Waals surface area contributed by atoms with Crippen molar-refractivity contribution in [3.63, 3.8) is 0 Å². The first-order valence-electron chi connectivity index (χ1n) is 13.0. The van der Waals surface area contributed by atoms with E-state index in [4.69, 9.17) is 0 Å². The Morgan fingerprint density at radius 1 is 0.933 bits per heavy atom. The van der Waals surface area contributed by atoms with Crippen molar-refractivity contribution in [3.8, 4) is 0 Å². The molecule has 1 N–H and O–H groups in total. The van der Waals surface area contributed by atoms with Crippen LogP contribution < -0.4 is 0 Å². The minimum atomic E-state index is -0.698. The van der Waals surface area contributed by atoms with Crippen molar-refractivity contribution < 1.29 is 9.90 Å². The first-order valence-corrected chi connectivity index (χ1v) is 13.0. The van der Waals surface area contributed by atoms with Crippen molar-refractivity contribution in [1.29, 1.82) is 0 Å². The van der Waals surface area contributed by atoms with Crippen LogP contribution in [0.15, 0.2) is 11.1 Å². The molecule has 4 aliphatic carbocycles. The van der Waals surface area contributed by atoms with Gasteiger partial charge in [-0.15, -0.1) is 0 Å². The van der Waals surface area contributed by atoms with Crippen LogP contribution in [0.3, 0.4) is 0 Å². The molecule has 0 radical (unpaired) electrons. The van der Waals surface area contributed by atoms with Crippen molar-refractivity contribution >= 4 is 5.78 Å². The maximum atomic E-state index is 12.8. The van der Waals surface area contributed by atoms with Gasteiger partial charge in [-0.2, -0.15) is 0 Å². The van der Waals surface area contributed by atoms with Gasteiger partial charge in [0.05, 0.1) is 0 Å². The highest BCUT2D eigenvalue weighted by atomic mass is 16.3. The minimum Gasteiger partial charge on any atom is -0.385 e. The Bertz CT molecular complexity index is 705. The molecule has 2 nitrogen and oxygen atoms in total. The van der Waals surface area contributed by atoms with Gasteiger partial charge in [-0.1, -0.05) is 65.5 Å². The molecule has 0 unspecified atom stereocenters. The molecule has 2 heteroatoms. The molecule has 3 saturated carbocycles. The molecule has 170 valence electrons. The molecular formula is C28H46O2. The number of Topliss-reactive ketones (excluding diaryl/α,β-unsaturated/α-hetero) is 1. The van der Waals surface area contributed by atoms with E-state index in [-0.39, 0.29) is 17.1 Å². The number of fused-ring (bicyclic) bond motifs is 4. The summed E-state index contributed by atoms with van der Waals surface area (Å²) in [5.74, 6) is 4.09. The highest BCUT2D eigenvalue weighted by Crippen LogP contribution is 2.65. The van der Waals surface area contributed by atoms with E-state index in [0.717, 1.165) is 42.9 Å². The molecule has 8 atom stereocenters. The van der Waals surface area contributed by atoms with Crippen molar-refractivity contribution in [2.75, 3.05) is 0 Å². The maximum Gasteiger partial charge on any atom is 0.164 e. The predicted octanol–water partition coefficient (Wildman–Crippen LogP) is 6.96. The Balaban J connectivity index is 1.55. The van der Waals surface area contributed by atoms with Gasteiger partial charge in [0.1, 0.15) is 6.10 Å². The molecular weight excluding hydrogens is 368 g/mol. The second kappa shape index (κ2) is 8.05. The van der Waals surface area contributed by atoms with Crippen molar-refractivity contribution in [3.05, 3.63) is 11.1 Å². The normalized spacial score (nSPS) is 43.3. The van der Waals surface area contributed by atoms with Crippen LogP contribution in [0.4, 0.5) is 0 Å². The molecule has 0 heterocycles. The van der Waals surface area contributed by atoms with Gasteiger partial charge in [-0.05, 0) is 91.8 Å². The quantitative estimate of drug-likeness (QED) is 0.494. The number of ketones is 1. The van der Waals surface area contributed by atoms with Gasteiger partial charge >= 0.3 is 0 Å². The summed E-state index contributed by atoms with van der Waals surface area (Å²) in [5, 5.41) is 10.2. The molecule has 0 saturated heterocycles. The number of aliphatic hydroxyl groups is 1. The Kier molecular flexibility index (Phi) is 6.06. The number of carbonyl (C=O) groups excluding carboxylic acids is 1. The van der Waals surface area contributed by atoms with E-state index in [2.05, 4.69) is 41.5 Å². The Morgan fingerprint density at radius 3 is 2.37 bits per heavy atom. The van der Waals surface area contributed by atoms with E-state index in [1.807, 2.05) is 5.57 Å². The maximum absolute atomic E-state index is 12.8. The molecule has 0 spiro atoms. The molecule has 30 heavy (non-hydrogen) atoms. The summed E-state index contributed by atoms with van der Waals surface area (Å²) in [6.45, 7) is 14.7. The lowest BCUT2D eigenvalue weighted by Crippen LogP contribution is -2.52. The Morgan fingerprint density at radius 2 is 1.67 bits per heavy atom. The van der Waals surface area contributed by atoms with Crippen LogP contribution in [0.2, 0.25) is 0 Å². The van der Waals surface area contributed by atoms with Gasteiger partial charge in [0, 0.05) is 5.92 Å². The zero-order valence-electron chi connectivity index (χ0n) is 20.5. The third kappa shape index (κ3) is 3.44. The first kappa shape index (κ1) is 22.6. The molecule has 0 aromatic carbocycles. The summed E-state index contributed by atoms with van der Waals surface area (Å²) in [5.41, 5.74) is 4.06. The van der Waals surface area contributed by atoms with E-state index >= 15 is 0 Å². The largest absolute Gasteiger partial charge is 0.385 e. The lowest BCUT2D eigenvalue weighted by Gasteiger charge is -2.56. The van der Waals surface area contributed by atoms with Crippen LogP contribution >= 0.6 is 0 Å². The second-order valence-electron chi connectivity index (χ2n) is 12.5. The molecule has 3 fully saturated rings. The smallest absolute Gasteiger partial charge is 0.164 e. The highest BCUT2D eigenvalue weighted by molar-refractivity contribution is 5.87. The summed E-state index contributed by atoms with van der Waals surface area (Å²) in [7, 11) is 0. The fourth-order valence-corrected chi connectivity index (χ4v) is 8.36. The molecule has 4 rings (SSSR count). The molecule has 0 aromatic rings. The number of aliphatic hydroxyl groups excluding tert-OH is 1. The van der Waals surface area contributed by atoms with Crippen molar-refractivity contribution in [2.24, 2.45) is 46.3 Å². The van der Waals surface area contributed by atoms with E-state index < -0.39 is 6.10 Å². The fraction of sp³-hybridized carbons (Fsp3) is 0.893. The summed E-state index contributed by atoms with van der Waals surface area (Å²) in [6.07, 6.45) is 11.1. The number of hydrogen-bond donors (Lipinski definition) is 1. The zero-order chi connectivity index (χ0) is 21.8. The van der Waals surface area contributed by atoms with Crippen LogP contribution in [0.1, 0.15) is 106 Å². The Hall–Kier alpha value is -0.630. The monoisotopic (exact) mass is 414 g/mol. The van der Waals surface area contributed by atoms with E-state index in [1.165, 1.54) is 38.5 Å². The summed E-state index contributed by atoms with van der Waals surface area (Å²) >= 11 is 0. The highest BCUT2D eigenvalue weighted by Gasteiger charge is 2.57. The second-order valence-corrected chi connectivity index (χ2v) is 12.5. The molecule has 0 amide bonds. The van der Waals surface area contributed by atoms with Crippen molar-refractivity contribution in [1.82, 2.24) is 0 Å².